The van der Waals surface area contributed by atoms with Gasteiger partial charge in [-0.15, -0.1) is 0 Å². The van der Waals surface area contributed by atoms with E-state index in [-0.39, 0.29) is 30.2 Å². The van der Waals surface area contributed by atoms with Crippen LogP contribution in [0.2, 0.25) is 0 Å². The number of carbonyl (C=O) groups excluding carboxylic acids is 2. The smallest absolute Gasteiger partial charge is 0.247 e. The highest BCUT2D eigenvalue weighted by Gasteiger charge is 2.40. The minimum absolute atomic E-state index is 0.0323. The van der Waals surface area contributed by atoms with Crippen LogP contribution in [0, 0.1) is 11.8 Å². The molecule has 0 saturated heterocycles. The van der Waals surface area contributed by atoms with Crippen molar-refractivity contribution in [3.8, 4) is 11.5 Å². The van der Waals surface area contributed by atoms with E-state index in [2.05, 4.69) is 21.5 Å². The maximum absolute atomic E-state index is 13.1. The number of hydrazone groups is 1. The Balaban J connectivity index is 1.48. The fraction of sp³-hybridized carbons (Fsp3) is 0.417. The summed E-state index contributed by atoms with van der Waals surface area (Å²) in [4.78, 5) is 29.7. The molecule has 2 amide bonds. The van der Waals surface area contributed by atoms with Crippen molar-refractivity contribution < 1.29 is 19.1 Å². The highest BCUT2D eigenvalue weighted by atomic mass is 16.5. The third-order valence-electron chi connectivity index (χ3n) is 6.03. The van der Waals surface area contributed by atoms with Crippen LogP contribution in [0.25, 0.3) is 0 Å². The number of hydrogen-bond donors (Lipinski definition) is 1. The van der Waals surface area contributed by atoms with Crippen molar-refractivity contribution in [2.24, 2.45) is 16.9 Å². The van der Waals surface area contributed by atoms with Crippen LogP contribution >= 0.6 is 0 Å². The number of amides is 2. The van der Waals surface area contributed by atoms with Gasteiger partial charge >= 0.3 is 0 Å². The standard InChI is InChI=1S/C24H29N5O4/c1-32-20-9-8-17(14-21(20)33-2)23-18-6-3-4-7-19(18)24(31)29(27-23)15-22(30)26-10-5-12-28-13-11-25-16-28/h3-4,8-9,11,13-14,16,18-19H,5-7,10,12,15H2,1-2H3,(H,26,30)/t18-,19+/m1/s1. The molecule has 4 rings (SSSR count). The molecule has 2 aliphatic rings. The highest BCUT2D eigenvalue weighted by molar-refractivity contribution is 6.07. The van der Waals surface area contributed by atoms with Gasteiger partial charge < -0.3 is 19.4 Å². The molecular weight excluding hydrogens is 422 g/mol. The van der Waals surface area contributed by atoms with Crippen LogP contribution in [0.1, 0.15) is 24.8 Å². The number of benzene rings is 1. The Morgan fingerprint density at radius 2 is 1.94 bits per heavy atom. The number of aryl methyl sites for hydroxylation is 1. The monoisotopic (exact) mass is 451 g/mol. The van der Waals surface area contributed by atoms with Crippen LogP contribution in [0.5, 0.6) is 11.5 Å². The number of aromatic nitrogens is 2. The van der Waals surface area contributed by atoms with Gasteiger partial charge in [0.1, 0.15) is 6.54 Å². The number of nitrogens with zero attached hydrogens (tertiary/aromatic N) is 4. The van der Waals surface area contributed by atoms with E-state index in [4.69, 9.17) is 9.47 Å². The summed E-state index contributed by atoms with van der Waals surface area (Å²) < 4.78 is 12.8. The lowest BCUT2D eigenvalue weighted by atomic mass is 9.76. The van der Waals surface area contributed by atoms with Gasteiger partial charge in [0.25, 0.3) is 0 Å². The first-order valence-electron chi connectivity index (χ1n) is 11.1. The van der Waals surface area contributed by atoms with Gasteiger partial charge in [-0.1, -0.05) is 12.2 Å². The van der Waals surface area contributed by atoms with Crippen molar-refractivity contribution in [2.75, 3.05) is 27.3 Å². The largest absolute Gasteiger partial charge is 0.493 e. The van der Waals surface area contributed by atoms with Crippen LogP contribution in [-0.2, 0) is 16.1 Å². The molecule has 0 fully saturated rings. The Labute approximate surface area is 193 Å². The average molecular weight is 452 g/mol. The first-order valence-corrected chi connectivity index (χ1v) is 11.1. The quantitative estimate of drug-likeness (QED) is 0.466. The first-order chi connectivity index (χ1) is 16.1. The van der Waals surface area contributed by atoms with Crippen molar-refractivity contribution in [1.29, 1.82) is 0 Å². The van der Waals surface area contributed by atoms with E-state index in [1.54, 1.807) is 26.7 Å². The molecule has 1 aromatic heterocycles. The van der Waals surface area contributed by atoms with Gasteiger partial charge in [-0.2, -0.15) is 5.10 Å². The number of carbonyl (C=O) groups is 2. The molecule has 0 unspecified atom stereocenters. The number of fused-ring (bicyclic) bond motifs is 1. The van der Waals surface area contributed by atoms with E-state index in [9.17, 15) is 9.59 Å². The molecule has 9 nitrogen and oxygen atoms in total. The Bertz CT molecular complexity index is 1050. The van der Waals surface area contributed by atoms with E-state index in [0.29, 0.717) is 24.5 Å². The molecular formula is C24H29N5O4. The molecule has 2 heterocycles. The molecule has 1 aliphatic carbocycles. The Morgan fingerprint density at radius 1 is 1.15 bits per heavy atom. The molecule has 2 aromatic rings. The number of ether oxygens (including phenoxy) is 2. The van der Waals surface area contributed by atoms with Gasteiger partial charge in [0.2, 0.25) is 11.8 Å². The number of allylic oxidation sites excluding steroid dienone is 2. The minimum atomic E-state index is -0.232. The third-order valence-corrected chi connectivity index (χ3v) is 6.03. The molecule has 1 aliphatic heterocycles. The number of imidazole rings is 1. The van der Waals surface area contributed by atoms with Crippen LogP contribution in [0.15, 0.2) is 54.2 Å². The van der Waals surface area contributed by atoms with Crippen molar-refractivity contribution in [3.05, 3.63) is 54.6 Å². The summed E-state index contributed by atoms with van der Waals surface area (Å²) in [6.07, 6.45) is 11.6. The third kappa shape index (κ3) is 5.08. The molecule has 1 aromatic carbocycles. The second-order valence-electron chi connectivity index (χ2n) is 8.11. The molecule has 1 N–H and O–H groups in total. The van der Waals surface area contributed by atoms with Crippen LogP contribution < -0.4 is 14.8 Å². The van der Waals surface area contributed by atoms with E-state index in [1.807, 2.05) is 35.0 Å². The number of methoxy groups -OCH3 is 2. The van der Waals surface area contributed by atoms with Crippen molar-refractivity contribution in [3.63, 3.8) is 0 Å². The lowest BCUT2D eigenvalue weighted by molar-refractivity contribution is -0.141. The number of nitrogens with one attached hydrogen (secondary N) is 1. The molecule has 9 heteroatoms. The summed E-state index contributed by atoms with van der Waals surface area (Å²) >= 11 is 0. The topological polar surface area (TPSA) is 98.0 Å². The van der Waals surface area contributed by atoms with E-state index >= 15 is 0 Å². The maximum atomic E-state index is 13.1. The van der Waals surface area contributed by atoms with Crippen molar-refractivity contribution in [2.45, 2.75) is 25.8 Å². The summed E-state index contributed by atoms with van der Waals surface area (Å²) in [6, 6.07) is 5.62. The Kier molecular flexibility index (Phi) is 7.07. The van der Waals surface area contributed by atoms with Crippen molar-refractivity contribution >= 4 is 17.5 Å². The number of rotatable bonds is 9. The zero-order valence-electron chi connectivity index (χ0n) is 18.9. The summed E-state index contributed by atoms with van der Waals surface area (Å²) in [5.41, 5.74) is 1.65. The lowest BCUT2D eigenvalue weighted by Gasteiger charge is -2.36. The Hall–Kier alpha value is -3.62. The zero-order valence-corrected chi connectivity index (χ0v) is 18.9. The summed E-state index contributed by atoms with van der Waals surface area (Å²) in [6.45, 7) is 1.17. The molecule has 0 radical (unpaired) electrons. The predicted molar refractivity (Wildman–Crippen MR) is 123 cm³/mol. The first kappa shape index (κ1) is 22.6. The molecule has 2 atom stereocenters. The molecule has 0 bridgehead atoms. The highest BCUT2D eigenvalue weighted by Crippen LogP contribution is 2.36. The normalized spacial score (nSPS) is 19.6. The van der Waals surface area contributed by atoms with Gasteiger partial charge in [-0.05, 0) is 37.5 Å². The predicted octanol–water partition coefficient (Wildman–Crippen LogP) is 2.24. The fourth-order valence-electron chi connectivity index (χ4n) is 4.32. The van der Waals surface area contributed by atoms with Crippen LogP contribution in [-0.4, -0.2) is 59.4 Å². The molecule has 174 valence electrons. The second-order valence-corrected chi connectivity index (χ2v) is 8.11. The van der Waals surface area contributed by atoms with Gasteiger partial charge in [0.05, 0.1) is 32.2 Å². The summed E-state index contributed by atoms with van der Waals surface area (Å²) in [5, 5.41) is 8.86. The van der Waals surface area contributed by atoms with Crippen LogP contribution in [0.4, 0.5) is 0 Å². The van der Waals surface area contributed by atoms with E-state index in [0.717, 1.165) is 30.7 Å². The van der Waals surface area contributed by atoms with Gasteiger partial charge in [0, 0.05) is 37.0 Å². The van der Waals surface area contributed by atoms with Gasteiger partial charge in [0.15, 0.2) is 11.5 Å². The van der Waals surface area contributed by atoms with Crippen molar-refractivity contribution in [1.82, 2.24) is 19.9 Å². The zero-order chi connectivity index (χ0) is 23.2. The van der Waals surface area contributed by atoms with Gasteiger partial charge in [-0.25, -0.2) is 9.99 Å². The summed E-state index contributed by atoms with van der Waals surface area (Å²) in [5.74, 6) is 0.622. The SMILES string of the molecule is COc1ccc(C2=NN(CC(=O)NCCCn3ccnc3)C(=O)[C@H]3CC=CC[C@@H]23)cc1OC. The maximum Gasteiger partial charge on any atom is 0.247 e. The fourth-order valence-corrected chi connectivity index (χ4v) is 4.32. The molecule has 33 heavy (non-hydrogen) atoms. The van der Waals surface area contributed by atoms with E-state index < -0.39 is 0 Å². The van der Waals surface area contributed by atoms with Gasteiger partial charge in [-0.3, -0.25) is 9.59 Å². The molecule has 0 saturated carbocycles. The minimum Gasteiger partial charge on any atom is -0.493 e. The number of hydrogen-bond acceptors (Lipinski definition) is 6. The Morgan fingerprint density at radius 3 is 2.67 bits per heavy atom. The van der Waals surface area contributed by atoms with Crippen LogP contribution in [0.3, 0.4) is 0 Å². The molecule has 0 spiro atoms. The average Bonchev–Trinajstić information content (AvgIpc) is 3.37. The van der Waals surface area contributed by atoms with E-state index in [1.165, 1.54) is 5.01 Å². The summed E-state index contributed by atoms with van der Waals surface area (Å²) in [7, 11) is 3.18. The second kappa shape index (κ2) is 10.3. The lowest BCUT2D eigenvalue weighted by Crippen LogP contribution is -2.48.